The van der Waals surface area contributed by atoms with Crippen LogP contribution in [0.5, 0.6) is 0 Å². The van der Waals surface area contributed by atoms with Gasteiger partial charge < -0.3 is 4.90 Å². The lowest BCUT2D eigenvalue weighted by molar-refractivity contribution is 0.576. The molecule has 0 fully saturated rings. The maximum atomic E-state index is 4.69. The van der Waals surface area contributed by atoms with Crippen molar-refractivity contribution < 1.29 is 0 Å². The van der Waals surface area contributed by atoms with Crippen molar-refractivity contribution in [1.29, 1.82) is 0 Å². The van der Waals surface area contributed by atoms with Crippen LogP contribution < -0.4 is 4.90 Å². The van der Waals surface area contributed by atoms with E-state index in [9.17, 15) is 0 Å². The van der Waals surface area contributed by atoms with Gasteiger partial charge in [-0.25, -0.2) is 0 Å². The molecule has 0 aliphatic carbocycles. The highest BCUT2D eigenvalue weighted by Gasteiger charge is 2.13. The smallest absolute Gasteiger partial charge is 0.0709 e. The number of nitrogens with zero attached hydrogens (tertiary/aromatic N) is 2. The molecule has 0 saturated carbocycles. The molecule has 0 aliphatic rings. The molecule has 2 aromatic rings. The van der Waals surface area contributed by atoms with Crippen LogP contribution in [0.25, 0.3) is 10.9 Å². The van der Waals surface area contributed by atoms with Crippen molar-refractivity contribution in [3.8, 4) is 0 Å². The number of aryl methyl sites for hydroxylation is 2. The zero-order chi connectivity index (χ0) is 19.0. The monoisotopic (exact) mass is 340 g/mol. The van der Waals surface area contributed by atoms with Crippen LogP contribution in [-0.2, 0) is 6.42 Å². The molecule has 0 aliphatic heterocycles. The van der Waals surface area contributed by atoms with Gasteiger partial charge in [0.25, 0.3) is 0 Å². The fourth-order valence-corrected chi connectivity index (χ4v) is 3.07. The van der Waals surface area contributed by atoms with Gasteiger partial charge in [0, 0.05) is 29.9 Å². The second-order valence-corrected chi connectivity index (χ2v) is 6.99. The second-order valence-electron chi connectivity index (χ2n) is 6.99. The summed E-state index contributed by atoms with van der Waals surface area (Å²) >= 11 is 0. The maximum Gasteiger partial charge on any atom is 0.0709 e. The molecule has 0 bridgehead atoms. The van der Waals surface area contributed by atoms with E-state index in [2.05, 4.69) is 75.3 Å². The minimum absolute atomic E-state index is 0.478. The molecule has 138 valence electrons. The summed E-state index contributed by atoms with van der Waals surface area (Å²) in [6, 6.07) is 8.92. The Bertz CT molecular complexity index is 673. The summed E-state index contributed by atoms with van der Waals surface area (Å²) < 4.78 is 0. The normalized spacial score (nSPS) is 11.8. The molecular weight excluding hydrogens is 304 g/mol. The fraction of sp³-hybridized carbons (Fsp3) is 0.522. The summed E-state index contributed by atoms with van der Waals surface area (Å²) in [4.78, 5) is 7.17. The van der Waals surface area contributed by atoms with Crippen LogP contribution in [0.15, 0.2) is 36.9 Å². The molecule has 1 atom stereocenters. The average Bonchev–Trinajstić information content (AvgIpc) is 2.61. The molecule has 1 aromatic heterocycles. The number of benzene rings is 1. The van der Waals surface area contributed by atoms with E-state index in [0.29, 0.717) is 11.8 Å². The zero-order valence-electron chi connectivity index (χ0n) is 17.3. The molecule has 1 heterocycles. The van der Waals surface area contributed by atoms with Gasteiger partial charge in [-0.2, -0.15) is 0 Å². The SMILES string of the molecule is C=CC(C)CN(CC(C)C)c1ccc2nc(C)cc(CC)c2c1.CC. The highest BCUT2D eigenvalue weighted by atomic mass is 15.1. The fourth-order valence-electron chi connectivity index (χ4n) is 3.07. The topological polar surface area (TPSA) is 16.1 Å². The Morgan fingerprint density at radius 1 is 1.12 bits per heavy atom. The highest BCUT2D eigenvalue weighted by Crippen LogP contribution is 2.26. The van der Waals surface area contributed by atoms with Crippen LogP contribution in [0.4, 0.5) is 5.69 Å². The molecule has 0 N–H and O–H groups in total. The molecule has 1 unspecified atom stereocenters. The van der Waals surface area contributed by atoms with E-state index in [1.165, 1.54) is 16.6 Å². The van der Waals surface area contributed by atoms with Crippen molar-refractivity contribution in [3.05, 3.63) is 48.2 Å². The molecule has 2 nitrogen and oxygen atoms in total. The molecule has 2 heteroatoms. The maximum absolute atomic E-state index is 4.69. The molecule has 1 aromatic carbocycles. The minimum Gasteiger partial charge on any atom is -0.371 e. The lowest BCUT2D eigenvalue weighted by atomic mass is 10.0. The number of hydrogen-bond donors (Lipinski definition) is 0. The van der Waals surface area contributed by atoms with Crippen molar-refractivity contribution in [2.24, 2.45) is 11.8 Å². The van der Waals surface area contributed by atoms with Crippen molar-refractivity contribution >= 4 is 16.6 Å². The van der Waals surface area contributed by atoms with Gasteiger partial charge in [-0.1, -0.05) is 47.6 Å². The number of pyridine rings is 1. The summed E-state index contributed by atoms with van der Waals surface area (Å²) in [6.45, 7) is 21.1. The predicted octanol–water partition coefficient (Wildman–Crippen LogP) is 6.42. The Kier molecular flexibility index (Phi) is 8.68. The quantitative estimate of drug-likeness (QED) is 0.541. The average molecular weight is 341 g/mol. The number of hydrogen-bond acceptors (Lipinski definition) is 2. The van der Waals surface area contributed by atoms with Crippen molar-refractivity contribution in [1.82, 2.24) is 4.98 Å². The minimum atomic E-state index is 0.478. The Hall–Kier alpha value is -1.83. The first kappa shape index (κ1) is 21.2. The Morgan fingerprint density at radius 3 is 2.36 bits per heavy atom. The van der Waals surface area contributed by atoms with Crippen LogP contribution in [0.1, 0.15) is 52.8 Å². The third-order valence-corrected chi connectivity index (χ3v) is 4.25. The van der Waals surface area contributed by atoms with Gasteiger partial charge in [-0.3, -0.25) is 4.98 Å². The van der Waals surface area contributed by atoms with Crippen molar-refractivity contribution in [2.75, 3.05) is 18.0 Å². The first-order valence-corrected chi connectivity index (χ1v) is 9.72. The third-order valence-electron chi connectivity index (χ3n) is 4.25. The number of fused-ring (bicyclic) bond motifs is 1. The van der Waals surface area contributed by atoms with Crippen LogP contribution >= 0.6 is 0 Å². The van der Waals surface area contributed by atoms with Gasteiger partial charge in [-0.05, 0) is 55.0 Å². The molecule has 0 radical (unpaired) electrons. The molecule has 0 saturated heterocycles. The molecule has 0 spiro atoms. The molecular formula is C23H36N2. The first-order valence-electron chi connectivity index (χ1n) is 9.72. The zero-order valence-corrected chi connectivity index (χ0v) is 17.3. The van der Waals surface area contributed by atoms with Gasteiger partial charge in [0.15, 0.2) is 0 Å². The van der Waals surface area contributed by atoms with E-state index in [4.69, 9.17) is 0 Å². The lowest BCUT2D eigenvalue weighted by Crippen LogP contribution is -2.31. The van der Waals surface area contributed by atoms with Gasteiger partial charge in [0.1, 0.15) is 0 Å². The van der Waals surface area contributed by atoms with Crippen LogP contribution in [0.3, 0.4) is 0 Å². The molecule has 25 heavy (non-hydrogen) atoms. The highest BCUT2D eigenvalue weighted by molar-refractivity contribution is 5.86. The summed E-state index contributed by atoms with van der Waals surface area (Å²) in [6.07, 6.45) is 3.08. The largest absolute Gasteiger partial charge is 0.371 e. The van der Waals surface area contributed by atoms with Gasteiger partial charge in [0.05, 0.1) is 5.52 Å². The Labute approximate surface area is 155 Å². The standard InChI is InChI=1S/C21H30N2.C2H6/c1-7-16(5)14-23(13-15(3)4)19-9-10-21-20(12-19)18(8-2)11-17(6)22-21;1-2/h7,9-12,15-16H,1,8,13-14H2,2-6H3;1-2H3. The van der Waals surface area contributed by atoms with E-state index in [1.807, 2.05) is 19.9 Å². The van der Waals surface area contributed by atoms with E-state index >= 15 is 0 Å². The van der Waals surface area contributed by atoms with Gasteiger partial charge in [0.2, 0.25) is 0 Å². The third kappa shape index (κ3) is 5.88. The first-order chi connectivity index (χ1) is 11.9. The van der Waals surface area contributed by atoms with E-state index in [-0.39, 0.29) is 0 Å². The summed E-state index contributed by atoms with van der Waals surface area (Å²) in [7, 11) is 0. The van der Waals surface area contributed by atoms with Crippen LogP contribution in [0.2, 0.25) is 0 Å². The summed E-state index contributed by atoms with van der Waals surface area (Å²) in [5, 5.41) is 1.29. The molecule has 2 rings (SSSR count). The summed E-state index contributed by atoms with van der Waals surface area (Å²) in [5.41, 5.74) is 4.88. The van der Waals surface area contributed by atoms with E-state index in [1.54, 1.807) is 0 Å². The lowest BCUT2D eigenvalue weighted by Gasteiger charge is -2.29. The predicted molar refractivity (Wildman–Crippen MR) is 114 cm³/mol. The number of anilines is 1. The molecule has 0 amide bonds. The van der Waals surface area contributed by atoms with Crippen LogP contribution in [0, 0.1) is 18.8 Å². The van der Waals surface area contributed by atoms with Gasteiger partial charge in [-0.15, -0.1) is 6.58 Å². The van der Waals surface area contributed by atoms with E-state index in [0.717, 1.165) is 30.7 Å². The summed E-state index contributed by atoms with van der Waals surface area (Å²) in [5.74, 6) is 1.11. The van der Waals surface area contributed by atoms with Crippen LogP contribution in [-0.4, -0.2) is 18.1 Å². The van der Waals surface area contributed by atoms with Gasteiger partial charge >= 0.3 is 0 Å². The Balaban J connectivity index is 0.00000151. The van der Waals surface area contributed by atoms with Crippen molar-refractivity contribution in [2.45, 2.75) is 54.9 Å². The Morgan fingerprint density at radius 2 is 1.80 bits per heavy atom. The van der Waals surface area contributed by atoms with Crippen molar-refractivity contribution in [3.63, 3.8) is 0 Å². The number of aromatic nitrogens is 1. The number of rotatable bonds is 7. The second kappa shape index (κ2) is 10.2. The van der Waals surface area contributed by atoms with E-state index < -0.39 is 0 Å².